The first-order valence-corrected chi connectivity index (χ1v) is 8.58. The number of nitrogens with one attached hydrogen (secondary N) is 2. The summed E-state index contributed by atoms with van der Waals surface area (Å²) in [4.78, 5) is 17.0. The lowest BCUT2D eigenvalue weighted by molar-refractivity contribution is 0.0947. The van der Waals surface area contributed by atoms with Gasteiger partial charge < -0.3 is 15.1 Å². The lowest BCUT2D eigenvalue weighted by Crippen LogP contribution is -2.35. The van der Waals surface area contributed by atoms with Crippen LogP contribution in [-0.2, 0) is 19.4 Å². The summed E-state index contributed by atoms with van der Waals surface area (Å²) in [5, 5.41) is 10.3. The molecule has 2 aromatic rings. The number of carbonyl (C=O) groups is 1. The largest absolute Gasteiger partial charge is 0.369 e. The molecule has 126 valence electrons. The number of fused-ring (bicyclic) bond motifs is 2. The third-order valence-electron chi connectivity index (χ3n) is 4.99. The van der Waals surface area contributed by atoms with Crippen LogP contribution in [0.4, 0.5) is 5.69 Å². The van der Waals surface area contributed by atoms with Gasteiger partial charge in [0.1, 0.15) is 0 Å². The highest BCUT2D eigenvalue weighted by molar-refractivity contribution is 5.94. The fourth-order valence-electron chi connectivity index (χ4n) is 3.64. The smallest absolute Gasteiger partial charge is 0.272 e. The molecule has 0 atom stereocenters. The molecule has 24 heavy (non-hydrogen) atoms. The lowest BCUT2D eigenvalue weighted by Gasteiger charge is -2.22. The molecule has 3 heterocycles. The molecule has 0 unspecified atom stereocenters. The standard InChI is InChI=1S/C18H23N5O/c1-22-9-7-15-14(12-22)17(21-20-15)18(24)19-8-11-23-10-6-13-4-2-3-5-16(13)23/h2-5H,6-12H2,1H3,(H,19,24)(H,20,21). The van der Waals surface area contributed by atoms with Gasteiger partial charge in [-0.15, -0.1) is 0 Å². The Kier molecular flexibility index (Phi) is 3.98. The molecule has 0 radical (unpaired) electrons. The van der Waals surface area contributed by atoms with Gasteiger partial charge in [0.2, 0.25) is 0 Å². The third-order valence-corrected chi connectivity index (χ3v) is 4.99. The number of amides is 1. The van der Waals surface area contributed by atoms with Crippen LogP contribution in [0.1, 0.15) is 27.3 Å². The summed E-state index contributed by atoms with van der Waals surface area (Å²) in [5.41, 5.74) is 5.40. The van der Waals surface area contributed by atoms with E-state index in [2.05, 4.69) is 56.6 Å². The van der Waals surface area contributed by atoms with Crippen LogP contribution in [-0.4, -0.2) is 54.2 Å². The van der Waals surface area contributed by atoms with E-state index in [1.807, 2.05) is 0 Å². The zero-order valence-electron chi connectivity index (χ0n) is 14.0. The van der Waals surface area contributed by atoms with E-state index in [0.29, 0.717) is 12.2 Å². The van der Waals surface area contributed by atoms with Crippen molar-refractivity contribution in [3.63, 3.8) is 0 Å². The Hall–Kier alpha value is -2.34. The number of para-hydroxylation sites is 1. The highest BCUT2D eigenvalue weighted by Crippen LogP contribution is 2.26. The molecule has 0 saturated heterocycles. The van der Waals surface area contributed by atoms with Crippen LogP contribution >= 0.6 is 0 Å². The van der Waals surface area contributed by atoms with Crippen molar-refractivity contribution in [2.24, 2.45) is 0 Å². The number of carbonyl (C=O) groups excluding carboxylic acids is 1. The number of rotatable bonds is 4. The van der Waals surface area contributed by atoms with Crippen LogP contribution in [0.5, 0.6) is 0 Å². The first-order chi connectivity index (χ1) is 11.7. The molecule has 0 bridgehead atoms. The number of aromatic nitrogens is 2. The Labute approximate surface area is 141 Å². The van der Waals surface area contributed by atoms with Crippen LogP contribution in [0.3, 0.4) is 0 Å². The molecular formula is C18H23N5O. The number of H-pyrrole nitrogens is 1. The lowest BCUT2D eigenvalue weighted by atomic mass is 10.1. The molecular weight excluding hydrogens is 302 g/mol. The van der Waals surface area contributed by atoms with E-state index < -0.39 is 0 Å². The molecule has 0 fully saturated rings. The average molecular weight is 325 g/mol. The number of likely N-dealkylation sites (N-methyl/N-ethyl adjacent to an activating group) is 1. The SMILES string of the molecule is CN1CCc2[nH]nc(C(=O)NCCN3CCc4ccccc43)c2C1. The molecule has 2 aliphatic rings. The average Bonchev–Trinajstić information content (AvgIpc) is 3.19. The second-order valence-corrected chi connectivity index (χ2v) is 6.64. The topological polar surface area (TPSA) is 64.3 Å². The predicted octanol–water partition coefficient (Wildman–Crippen LogP) is 1.19. The minimum atomic E-state index is -0.0738. The predicted molar refractivity (Wildman–Crippen MR) is 93.3 cm³/mol. The normalized spacial score (nSPS) is 16.8. The van der Waals surface area contributed by atoms with Crippen molar-refractivity contribution in [3.8, 4) is 0 Å². The van der Waals surface area contributed by atoms with Crippen LogP contribution in [0.25, 0.3) is 0 Å². The molecule has 2 aliphatic heterocycles. The summed E-state index contributed by atoms with van der Waals surface area (Å²) in [6.07, 6.45) is 2.01. The Bertz CT molecular complexity index is 754. The van der Waals surface area contributed by atoms with E-state index in [0.717, 1.165) is 50.3 Å². The van der Waals surface area contributed by atoms with E-state index >= 15 is 0 Å². The zero-order valence-corrected chi connectivity index (χ0v) is 14.0. The van der Waals surface area contributed by atoms with Gasteiger partial charge in [0.25, 0.3) is 5.91 Å². The fourth-order valence-corrected chi connectivity index (χ4v) is 3.64. The highest BCUT2D eigenvalue weighted by Gasteiger charge is 2.24. The summed E-state index contributed by atoms with van der Waals surface area (Å²) in [6, 6.07) is 8.49. The van der Waals surface area contributed by atoms with Crippen LogP contribution in [0, 0.1) is 0 Å². The number of hydrogen-bond acceptors (Lipinski definition) is 4. The number of benzene rings is 1. The van der Waals surface area contributed by atoms with Crippen LogP contribution in [0.2, 0.25) is 0 Å². The van der Waals surface area contributed by atoms with Crippen molar-refractivity contribution in [1.29, 1.82) is 0 Å². The Balaban J connectivity index is 1.36. The van der Waals surface area contributed by atoms with Crippen molar-refractivity contribution < 1.29 is 4.79 Å². The second-order valence-electron chi connectivity index (χ2n) is 6.64. The summed E-state index contributed by atoms with van der Waals surface area (Å²) >= 11 is 0. The van der Waals surface area contributed by atoms with Gasteiger partial charge in [-0.2, -0.15) is 5.10 Å². The molecule has 0 spiro atoms. The van der Waals surface area contributed by atoms with Crippen LogP contribution < -0.4 is 10.2 Å². The Morgan fingerprint density at radius 1 is 1.29 bits per heavy atom. The quantitative estimate of drug-likeness (QED) is 0.886. The fraction of sp³-hybridized carbons (Fsp3) is 0.444. The third kappa shape index (κ3) is 2.78. The first kappa shape index (κ1) is 15.2. The maximum absolute atomic E-state index is 12.5. The molecule has 6 nitrogen and oxygen atoms in total. The minimum Gasteiger partial charge on any atom is -0.369 e. The molecule has 6 heteroatoms. The summed E-state index contributed by atoms with van der Waals surface area (Å²) in [5.74, 6) is -0.0738. The maximum atomic E-state index is 12.5. The molecule has 2 N–H and O–H groups in total. The van der Waals surface area contributed by atoms with Gasteiger partial charge >= 0.3 is 0 Å². The molecule has 1 amide bonds. The number of aromatic amines is 1. The monoisotopic (exact) mass is 325 g/mol. The molecule has 0 saturated carbocycles. The Morgan fingerprint density at radius 3 is 3.08 bits per heavy atom. The van der Waals surface area contributed by atoms with Crippen molar-refractivity contribution in [1.82, 2.24) is 20.4 Å². The number of nitrogens with zero attached hydrogens (tertiary/aromatic N) is 3. The van der Waals surface area contributed by atoms with Gasteiger partial charge in [0.05, 0.1) is 0 Å². The molecule has 4 rings (SSSR count). The first-order valence-electron chi connectivity index (χ1n) is 8.58. The van der Waals surface area contributed by atoms with E-state index in [9.17, 15) is 4.79 Å². The number of hydrogen-bond donors (Lipinski definition) is 2. The summed E-state index contributed by atoms with van der Waals surface area (Å²) in [6.45, 7) is 4.27. The summed E-state index contributed by atoms with van der Waals surface area (Å²) in [7, 11) is 2.07. The maximum Gasteiger partial charge on any atom is 0.272 e. The van der Waals surface area contributed by atoms with Gasteiger partial charge in [-0.05, 0) is 25.1 Å². The van der Waals surface area contributed by atoms with Gasteiger partial charge in [-0.25, -0.2) is 0 Å². The number of anilines is 1. The van der Waals surface area contributed by atoms with Crippen molar-refractivity contribution in [2.45, 2.75) is 19.4 Å². The van der Waals surface area contributed by atoms with Gasteiger partial charge in [0, 0.05) is 56.1 Å². The van der Waals surface area contributed by atoms with Crippen molar-refractivity contribution in [3.05, 3.63) is 46.8 Å². The van der Waals surface area contributed by atoms with Crippen LogP contribution in [0.15, 0.2) is 24.3 Å². The van der Waals surface area contributed by atoms with E-state index in [1.165, 1.54) is 11.3 Å². The minimum absolute atomic E-state index is 0.0738. The molecule has 1 aromatic carbocycles. The van der Waals surface area contributed by atoms with Gasteiger partial charge in [-0.3, -0.25) is 9.89 Å². The highest BCUT2D eigenvalue weighted by atomic mass is 16.1. The van der Waals surface area contributed by atoms with Crippen molar-refractivity contribution >= 4 is 11.6 Å². The van der Waals surface area contributed by atoms with E-state index in [1.54, 1.807) is 0 Å². The molecule has 0 aliphatic carbocycles. The van der Waals surface area contributed by atoms with Crippen molar-refractivity contribution in [2.75, 3.05) is 38.1 Å². The van der Waals surface area contributed by atoms with E-state index in [4.69, 9.17) is 0 Å². The van der Waals surface area contributed by atoms with Gasteiger partial charge in [0.15, 0.2) is 5.69 Å². The zero-order chi connectivity index (χ0) is 16.5. The van der Waals surface area contributed by atoms with Gasteiger partial charge in [-0.1, -0.05) is 18.2 Å². The molecule has 1 aromatic heterocycles. The van der Waals surface area contributed by atoms with E-state index in [-0.39, 0.29) is 5.91 Å². The Morgan fingerprint density at radius 2 is 2.17 bits per heavy atom. The summed E-state index contributed by atoms with van der Waals surface area (Å²) < 4.78 is 0. The second kappa shape index (κ2) is 6.28.